The summed E-state index contributed by atoms with van der Waals surface area (Å²) in [6.45, 7) is 0. The first-order valence-corrected chi connectivity index (χ1v) is 13.1. The van der Waals surface area contributed by atoms with E-state index in [1.807, 2.05) is 12.1 Å². The predicted molar refractivity (Wildman–Crippen MR) is 143 cm³/mol. The fraction of sp³-hybridized carbons (Fsp3) is 0.138. The third kappa shape index (κ3) is 4.26. The molecule has 0 saturated heterocycles. The molecule has 4 aromatic carbocycles. The van der Waals surface area contributed by atoms with Gasteiger partial charge in [-0.25, -0.2) is 0 Å². The molecule has 0 fully saturated rings. The lowest BCUT2D eigenvalue weighted by Crippen LogP contribution is -2.44. The van der Waals surface area contributed by atoms with Gasteiger partial charge in [0, 0.05) is 22.3 Å². The highest BCUT2D eigenvalue weighted by Crippen LogP contribution is 2.54. The second kappa shape index (κ2) is 11.0. The molecule has 180 valence electrons. The third-order valence-electron chi connectivity index (χ3n) is 6.45. The molecule has 4 rings (SSSR count). The highest BCUT2D eigenvalue weighted by Gasteiger charge is 2.65. The van der Waals surface area contributed by atoms with E-state index in [9.17, 15) is 9.13 Å². The molecule has 0 amide bonds. The first kappa shape index (κ1) is 25.4. The van der Waals surface area contributed by atoms with Crippen LogP contribution in [0.15, 0.2) is 109 Å². The third-order valence-corrected chi connectivity index (χ3v) is 8.67. The Kier molecular flexibility index (Phi) is 7.74. The maximum absolute atomic E-state index is 15.0. The maximum atomic E-state index is 15.0. The number of hydrogen-bond donors (Lipinski definition) is 0. The van der Waals surface area contributed by atoms with Crippen LogP contribution in [0.1, 0.15) is 22.3 Å². The fourth-order valence-corrected chi connectivity index (χ4v) is 6.35. The van der Waals surface area contributed by atoms with Crippen molar-refractivity contribution in [3.05, 3.63) is 131 Å². The lowest BCUT2D eigenvalue weighted by atomic mass is 9.75. The number of ether oxygens (including phenoxy) is 2. The van der Waals surface area contributed by atoms with Crippen molar-refractivity contribution in [3.63, 3.8) is 0 Å². The standard InChI is InChI=1S/C29H24O5P2/c1-33-25-17-13-23(14-18-25)28(35-31,21-9-5-3-6-10-21)27(30)29(36-32,22-11-7-4-8-12-22)24-15-19-26(34-2)20-16-24/h3-20H,1-2H3/p+2. The van der Waals surface area contributed by atoms with E-state index in [0.717, 1.165) is 0 Å². The summed E-state index contributed by atoms with van der Waals surface area (Å²) in [6, 6.07) is 31.9. The summed E-state index contributed by atoms with van der Waals surface area (Å²) in [5, 5.41) is -3.17. The molecule has 36 heavy (non-hydrogen) atoms. The van der Waals surface area contributed by atoms with Crippen LogP contribution in [-0.2, 0) is 24.2 Å². The molecule has 4 unspecified atom stereocenters. The second-order valence-electron chi connectivity index (χ2n) is 8.22. The predicted octanol–water partition coefficient (Wildman–Crippen LogP) is 6.51. The minimum atomic E-state index is -1.58. The molecular weight excluding hydrogens is 490 g/mol. The van der Waals surface area contributed by atoms with Crippen molar-refractivity contribution in [1.29, 1.82) is 0 Å². The molecule has 0 bridgehead atoms. The lowest BCUT2D eigenvalue weighted by molar-refractivity contribution is -0.122. The SMILES string of the molecule is COc1ccc(C([PH+]=O)(C(=O)C([PH+]=O)(c2ccccc2)c2ccc(OC)cc2)c2ccccc2)cc1. The Labute approximate surface area is 213 Å². The molecule has 0 aromatic heterocycles. The first-order valence-electron chi connectivity index (χ1n) is 11.3. The van der Waals surface area contributed by atoms with Crippen LogP contribution in [0, 0.1) is 0 Å². The number of hydrogen-bond acceptors (Lipinski definition) is 5. The molecule has 0 spiro atoms. The Hall–Kier alpha value is -3.65. The largest absolute Gasteiger partial charge is 0.497 e. The molecule has 0 N–H and O–H groups in total. The van der Waals surface area contributed by atoms with Gasteiger partial charge < -0.3 is 9.47 Å². The van der Waals surface area contributed by atoms with Gasteiger partial charge in [-0.3, -0.25) is 4.79 Å². The summed E-state index contributed by atoms with van der Waals surface area (Å²) in [7, 11) is 0.949. The molecule has 5 nitrogen and oxygen atoms in total. The highest BCUT2D eigenvalue weighted by atomic mass is 31.1. The minimum absolute atomic E-state index is 0.440. The number of Topliss-reactive ketones (excluding diaryl/α,β-unsaturated/α-hetero) is 1. The van der Waals surface area contributed by atoms with Gasteiger partial charge in [-0.1, -0.05) is 69.8 Å². The van der Waals surface area contributed by atoms with Crippen molar-refractivity contribution in [2.45, 2.75) is 10.3 Å². The van der Waals surface area contributed by atoms with Crippen molar-refractivity contribution in [2.24, 2.45) is 0 Å². The van der Waals surface area contributed by atoms with Crippen molar-refractivity contribution in [2.75, 3.05) is 14.2 Å². The van der Waals surface area contributed by atoms with Crippen LogP contribution in [0.5, 0.6) is 11.5 Å². The van der Waals surface area contributed by atoms with E-state index in [0.29, 0.717) is 33.8 Å². The normalized spacial score (nSPS) is 14.5. The van der Waals surface area contributed by atoms with E-state index in [1.165, 1.54) is 0 Å². The molecule has 0 aliphatic carbocycles. The monoisotopic (exact) mass is 516 g/mol. The van der Waals surface area contributed by atoms with Crippen LogP contribution < -0.4 is 9.47 Å². The zero-order valence-electron chi connectivity index (χ0n) is 19.9. The fourth-order valence-electron chi connectivity index (χ4n) is 4.53. The van der Waals surface area contributed by atoms with Gasteiger partial charge in [-0.15, -0.1) is 0 Å². The van der Waals surface area contributed by atoms with Gasteiger partial charge in [0.15, 0.2) is 0 Å². The number of carbonyl (C=O) groups is 1. The maximum Gasteiger partial charge on any atom is 0.349 e. The van der Waals surface area contributed by atoms with Crippen LogP contribution in [-0.4, -0.2) is 20.0 Å². The number of ketones is 1. The molecule has 0 saturated carbocycles. The second-order valence-corrected chi connectivity index (χ2v) is 10.1. The van der Waals surface area contributed by atoms with E-state index in [1.54, 1.807) is 111 Å². The lowest BCUT2D eigenvalue weighted by Gasteiger charge is -2.29. The molecule has 0 aliphatic rings. The average Bonchev–Trinajstić information content (AvgIpc) is 2.96. The molecular formula is C29H26O5P2+2. The van der Waals surface area contributed by atoms with Crippen molar-refractivity contribution in [1.82, 2.24) is 0 Å². The van der Waals surface area contributed by atoms with Crippen LogP contribution >= 0.6 is 16.9 Å². The van der Waals surface area contributed by atoms with Gasteiger partial charge >= 0.3 is 16.9 Å². The van der Waals surface area contributed by atoms with Gasteiger partial charge in [0.2, 0.25) is 0 Å². The Balaban J connectivity index is 2.06. The van der Waals surface area contributed by atoms with Gasteiger partial charge in [-0.2, -0.15) is 0 Å². The summed E-state index contributed by atoms with van der Waals surface area (Å²) in [5.41, 5.74) is 2.17. The summed E-state index contributed by atoms with van der Waals surface area (Å²) >= 11 is 0. The summed E-state index contributed by atoms with van der Waals surface area (Å²) < 4.78 is 37.3. The molecule has 7 heteroatoms. The molecule has 0 heterocycles. The summed E-state index contributed by atoms with van der Waals surface area (Å²) in [5.74, 6) is 0.777. The topological polar surface area (TPSA) is 69.7 Å². The average molecular weight is 516 g/mol. The van der Waals surface area contributed by atoms with E-state index in [2.05, 4.69) is 0 Å². The van der Waals surface area contributed by atoms with E-state index < -0.39 is 33.0 Å². The Morgan fingerprint density at radius 2 is 0.833 bits per heavy atom. The quantitative estimate of drug-likeness (QED) is 0.225. The van der Waals surface area contributed by atoms with Crippen molar-refractivity contribution in [3.8, 4) is 11.5 Å². The number of methoxy groups -OCH3 is 2. The summed E-state index contributed by atoms with van der Waals surface area (Å²) in [4.78, 5) is 15.0. The van der Waals surface area contributed by atoms with Crippen LogP contribution in [0.4, 0.5) is 0 Å². The molecule has 4 atom stereocenters. The number of rotatable bonds is 10. The van der Waals surface area contributed by atoms with Gasteiger partial charge in [-0.05, 0) is 48.5 Å². The van der Waals surface area contributed by atoms with E-state index in [-0.39, 0.29) is 0 Å². The van der Waals surface area contributed by atoms with Crippen LogP contribution in [0.25, 0.3) is 0 Å². The highest BCUT2D eigenvalue weighted by molar-refractivity contribution is 7.31. The molecule has 0 radical (unpaired) electrons. The van der Waals surface area contributed by atoms with Gasteiger partial charge in [0.05, 0.1) is 14.2 Å². The Morgan fingerprint density at radius 3 is 1.11 bits per heavy atom. The minimum Gasteiger partial charge on any atom is -0.497 e. The zero-order valence-corrected chi connectivity index (χ0v) is 21.9. The van der Waals surface area contributed by atoms with Crippen LogP contribution in [0.2, 0.25) is 0 Å². The van der Waals surface area contributed by atoms with Crippen molar-refractivity contribution < 1.29 is 23.4 Å². The Bertz CT molecular complexity index is 1240. The molecule has 4 aromatic rings. The number of benzene rings is 4. The Morgan fingerprint density at radius 1 is 0.528 bits per heavy atom. The van der Waals surface area contributed by atoms with Crippen molar-refractivity contribution >= 4 is 22.7 Å². The number of carbonyl (C=O) groups excluding carboxylic acids is 1. The summed E-state index contributed by atoms with van der Waals surface area (Å²) in [6.07, 6.45) is 0. The van der Waals surface area contributed by atoms with E-state index >= 15 is 4.79 Å². The van der Waals surface area contributed by atoms with E-state index in [4.69, 9.17) is 9.47 Å². The van der Waals surface area contributed by atoms with Crippen LogP contribution in [0.3, 0.4) is 0 Å². The smallest absolute Gasteiger partial charge is 0.349 e. The zero-order chi connectivity index (χ0) is 25.6. The first-order chi connectivity index (χ1) is 17.6. The van der Waals surface area contributed by atoms with Gasteiger partial charge in [0.25, 0.3) is 16.1 Å². The van der Waals surface area contributed by atoms with Gasteiger partial charge in [0.1, 0.15) is 11.5 Å². The molecule has 0 aliphatic heterocycles.